The van der Waals surface area contributed by atoms with Crippen LogP contribution in [0.1, 0.15) is 81.8 Å². The van der Waals surface area contributed by atoms with Gasteiger partial charge in [-0.05, 0) is 88.9 Å². The van der Waals surface area contributed by atoms with Crippen molar-refractivity contribution in [3.63, 3.8) is 0 Å². The van der Waals surface area contributed by atoms with Gasteiger partial charge in [-0.3, -0.25) is 4.99 Å². The normalized spacial score (nSPS) is 14.3. The van der Waals surface area contributed by atoms with E-state index in [0.717, 1.165) is 61.2 Å². The summed E-state index contributed by atoms with van der Waals surface area (Å²) < 4.78 is 0. The predicted octanol–water partition coefficient (Wildman–Crippen LogP) is 13.8. The van der Waals surface area contributed by atoms with E-state index in [1.54, 1.807) is 12.4 Å². The van der Waals surface area contributed by atoms with Crippen molar-refractivity contribution in [2.24, 2.45) is 4.99 Å². The Labute approximate surface area is 362 Å². The van der Waals surface area contributed by atoms with Crippen LogP contribution in [-0.2, 0) is 11.8 Å². The average Bonchev–Trinajstić information content (AvgIpc) is 3.80. The van der Waals surface area contributed by atoms with Gasteiger partial charge >= 0.3 is 0 Å². The standard InChI is InChI=1S/C55H44N4.C2H6/c1-8-13-23-44(36(9-2)35-56-12-5)38-29-27-37(28-30-38)42(10-3)48-33-40-22-19-25-47(51(40)43(48)11-4)54-58-52(39-20-15-14-16-21-39)57-53(59-54)41-31-32-46-45-24-17-18-26-49(45)55(6,7)50(46)34-41;1-2/h2,4,8,10,12-32,34-35H,33H2,1,3,5-7H3;1-2H3/b13-8-,36-35+,42-10-,44-23+,56-12?;. The van der Waals surface area contributed by atoms with E-state index in [1.807, 2.05) is 76.3 Å². The van der Waals surface area contributed by atoms with Crippen LogP contribution in [0.5, 0.6) is 0 Å². The third-order valence-corrected chi connectivity index (χ3v) is 11.3. The van der Waals surface area contributed by atoms with Crippen molar-refractivity contribution in [2.45, 2.75) is 60.3 Å². The molecule has 1 heterocycles. The van der Waals surface area contributed by atoms with Crippen molar-refractivity contribution >= 4 is 22.9 Å². The third kappa shape index (κ3) is 7.90. The molecule has 8 rings (SSSR count). The van der Waals surface area contributed by atoms with Crippen molar-refractivity contribution in [1.29, 1.82) is 0 Å². The van der Waals surface area contributed by atoms with Gasteiger partial charge in [-0.15, -0.1) is 12.8 Å². The SMILES string of the molecule is C#CC1=C(/C(=C\C)c2ccc(C(=C/C=C\C)/C(C#C)=C/N=CC)cc2)Cc2cccc(-c3nc(-c4ccccc4)nc(-c4ccc5c(c4)C(C)(C)c4ccccc4-5)n3)c21.CC. The fourth-order valence-corrected chi connectivity index (χ4v) is 8.45. The molecule has 298 valence electrons. The highest BCUT2D eigenvalue weighted by molar-refractivity contribution is 6.02. The Hall–Kier alpha value is -7.40. The number of allylic oxidation sites excluding steroid dienone is 9. The Balaban J connectivity index is 0.00000277. The van der Waals surface area contributed by atoms with Crippen molar-refractivity contribution in [1.82, 2.24) is 15.0 Å². The zero-order valence-corrected chi connectivity index (χ0v) is 36.1. The Kier molecular flexibility index (Phi) is 12.5. The highest BCUT2D eigenvalue weighted by Gasteiger charge is 2.35. The molecule has 0 radical (unpaired) electrons. The summed E-state index contributed by atoms with van der Waals surface area (Å²) >= 11 is 0. The van der Waals surface area contributed by atoms with Gasteiger partial charge in [-0.1, -0.05) is 173 Å². The highest BCUT2D eigenvalue weighted by atomic mass is 15.0. The number of nitrogens with zero attached hydrogens (tertiary/aromatic N) is 4. The van der Waals surface area contributed by atoms with Crippen molar-refractivity contribution < 1.29 is 0 Å². The molecule has 0 saturated heterocycles. The van der Waals surface area contributed by atoms with E-state index in [1.165, 1.54) is 22.3 Å². The first-order chi connectivity index (χ1) is 29.8. The minimum absolute atomic E-state index is 0.162. The van der Waals surface area contributed by atoms with Gasteiger partial charge in [0.2, 0.25) is 0 Å². The summed E-state index contributed by atoms with van der Waals surface area (Å²) in [5.41, 5.74) is 16.5. The predicted molar refractivity (Wildman–Crippen MR) is 258 cm³/mol. The van der Waals surface area contributed by atoms with Gasteiger partial charge in [0.05, 0.1) is 5.57 Å². The second-order valence-electron chi connectivity index (χ2n) is 15.1. The van der Waals surface area contributed by atoms with Crippen LogP contribution in [0.25, 0.3) is 62.0 Å². The lowest BCUT2D eigenvalue weighted by molar-refractivity contribution is 0.660. The summed E-state index contributed by atoms with van der Waals surface area (Å²) in [4.78, 5) is 19.8. The number of aromatic nitrogens is 3. The van der Waals surface area contributed by atoms with Crippen LogP contribution in [-0.4, -0.2) is 21.2 Å². The Morgan fingerprint density at radius 2 is 1.34 bits per heavy atom. The number of fused-ring (bicyclic) bond motifs is 4. The highest BCUT2D eigenvalue weighted by Crippen LogP contribution is 2.50. The van der Waals surface area contributed by atoms with Crippen LogP contribution in [0.4, 0.5) is 0 Å². The molecule has 0 aliphatic heterocycles. The van der Waals surface area contributed by atoms with Crippen LogP contribution in [0.2, 0.25) is 0 Å². The lowest BCUT2D eigenvalue weighted by atomic mass is 9.82. The monoisotopic (exact) mass is 790 g/mol. The quantitative estimate of drug-likeness (QED) is 0.0833. The molecule has 4 heteroatoms. The molecule has 5 aromatic carbocycles. The van der Waals surface area contributed by atoms with Crippen LogP contribution in [0, 0.1) is 24.7 Å². The summed E-state index contributed by atoms with van der Waals surface area (Å²) in [6, 6.07) is 40.2. The molecule has 0 spiro atoms. The molecule has 0 amide bonds. The molecular formula is C57H50N4. The van der Waals surface area contributed by atoms with Gasteiger partial charge in [0.1, 0.15) is 0 Å². The van der Waals surface area contributed by atoms with E-state index in [4.69, 9.17) is 27.8 Å². The molecule has 0 fully saturated rings. The van der Waals surface area contributed by atoms with Gasteiger partial charge in [-0.2, -0.15) is 0 Å². The molecule has 61 heavy (non-hydrogen) atoms. The van der Waals surface area contributed by atoms with Crippen LogP contribution in [0.3, 0.4) is 0 Å². The summed E-state index contributed by atoms with van der Waals surface area (Å²) in [6.45, 7) is 14.5. The largest absolute Gasteiger partial charge is 0.268 e. The first-order valence-corrected chi connectivity index (χ1v) is 20.9. The van der Waals surface area contributed by atoms with Gasteiger partial charge in [0.15, 0.2) is 17.5 Å². The first kappa shape index (κ1) is 41.7. The van der Waals surface area contributed by atoms with Gasteiger partial charge in [0, 0.05) is 45.7 Å². The topological polar surface area (TPSA) is 51.0 Å². The van der Waals surface area contributed by atoms with E-state index in [0.29, 0.717) is 29.5 Å². The number of hydrogen-bond acceptors (Lipinski definition) is 4. The minimum atomic E-state index is -0.162. The molecule has 0 unspecified atom stereocenters. The number of benzene rings is 5. The molecule has 4 nitrogen and oxygen atoms in total. The van der Waals surface area contributed by atoms with E-state index in [-0.39, 0.29) is 5.41 Å². The maximum absolute atomic E-state index is 6.47. The first-order valence-electron chi connectivity index (χ1n) is 20.9. The smallest absolute Gasteiger partial charge is 0.164 e. The van der Waals surface area contributed by atoms with E-state index in [2.05, 4.69) is 129 Å². The van der Waals surface area contributed by atoms with Crippen molar-refractivity contribution in [2.75, 3.05) is 0 Å². The molecule has 0 N–H and O–H groups in total. The van der Waals surface area contributed by atoms with E-state index in [9.17, 15) is 0 Å². The molecule has 0 saturated carbocycles. The Bertz CT molecular complexity index is 2900. The Morgan fingerprint density at radius 1 is 0.689 bits per heavy atom. The second-order valence-corrected chi connectivity index (χ2v) is 15.1. The summed E-state index contributed by atoms with van der Waals surface area (Å²) in [7, 11) is 0. The number of terminal acetylenes is 2. The molecule has 1 aromatic heterocycles. The van der Waals surface area contributed by atoms with Crippen molar-refractivity contribution in [3.8, 4) is 70.0 Å². The van der Waals surface area contributed by atoms with Crippen LogP contribution in [0.15, 0.2) is 162 Å². The van der Waals surface area contributed by atoms with Gasteiger partial charge in [0.25, 0.3) is 0 Å². The number of aliphatic imine (C=N–C) groups is 1. The molecular weight excluding hydrogens is 741 g/mol. The summed E-state index contributed by atoms with van der Waals surface area (Å²) in [6.07, 6.45) is 24.7. The van der Waals surface area contributed by atoms with Crippen LogP contribution < -0.4 is 0 Å². The molecule has 0 atom stereocenters. The van der Waals surface area contributed by atoms with Gasteiger partial charge < -0.3 is 0 Å². The molecule has 6 aromatic rings. The lowest BCUT2D eigenvalue weighted by Gasteiger charge is -2.21. The van der Waals surface area contributed by atoms with Gasteiger partial charge in [-0.25, -0.2) is 15.0 Å². The van der Waals surface area contributed by atoms with E-state index < -0.39 is 0 Å². The number of rotatable bonds is 9. The number of hydrogen-bond donors (Lipinski definition) is 0. The maximum atomic E-state index is 6.47. The maximum Gasteiger partial charge on any atom is 0.164 e. The molecule has 0 bridgehead atoms. The fourth-order valence-electron chi connectivity index (χ4n) is 8.45. The zero-order chi connectivity index (χ0) is 43.1. The zero-order valence-electron chi connectivity index (χ0n) is 36.1. The van der Waals surface area contributed by atoms with E-state index >= 15 is 0 Å². The Morgan fingerprint density at radius 3 is 2.03 bits per heavy atom. The van der Waals surface area contributed by atoms with Crippen LogP contribution >= 0.6 is 0 Å². The third-order valence-electron chi connectivity index (χ3n) is 11.3. The second kappa shape index (κ2) is 18.3. The molecule has 2 aliphatic rings. The van der Waals surface area contributed by atoms with Crippen molar-refractivity contribution in [3.05, 3.63) is 190 Å². The molecule has 2 aliphatic carbocycles. The summed E-state index contributed by atoms with van der Waals surface area (Å²) in [5, 5.41) is 0. The minimum Gasteiger partial charge on any atom is -0.268 e. The lowest BCUT2D eigenvalue weighted by Crippen LogP contribution is -2.15. The fraction of sp³-hybridized carbons (Fsp3) is 0.158. The summed E-state index contributed by atoms with van der Waals surface area (Å²) in [5.74, 6) is 7.73. The average molecular weight is 791 g/mol.